The lowest BCUT2D eigenvalue weighted by Crippen LogP contribution is -2.23. The highest BCUT2D eigenvalue weighted by molar-refractivity contribution is 5.46. The third-order valence-electron chi connectivity index (χ3n) is 3.94. The van der Waals surface area contributed by atoms with Crippen molar-refractivity contribution in [1.29, 1.82) is 0 Å². The normalized spacial score (nSPS) is 13.2. The van der Waals surface area contributed by atoms with Gasteiger partial charge in [-0.2, -0.15) is 0 Å². The Morgan fingerprint density at radius 3 is 2.90 bits per heavy atom. The maximum Gasteiger partial charge on any atom is 0.129 e. The summed E-state index contributed by atoms with van der Waals surface area (Å²) in [5.74, 6) is 1.08. The van der Waals surface area contributed by atoms with Gasteiger partial charge in [0.05, 0.1) is 0 Å². The summed E-state index contributed by atoms with van der Waals surface area (Å²) in [5, 5.41) is 0. The second-order valence-electron chi connectivity index (χ2n) is 5.39. The topological polar surface area (TPSA) is 42.1 Å². The highest BCUT2D eigenvalue weighted by atomic mass is 15.2. The Kier molecular flexibility index (Phi) is 3.59. The van der Waals surface area contributed by atoms with E-state index in [2.05, 4.69) is 30.0 Å². The van der Waals surface area contributed by atoms with Crippen LogP contribution in [0.15, 0.2) is 36.4 Å². The fourth-order valence-corrected chi connectivity index (χ4v) is 2.85. The van der Waals surface area contributed by atoms with E-state index in [0.717, 1.165) is 31.0 Å². The van der Waals surface area contributed by atoms with Gasteiger partial charge in [0.2, 0.25) is 0 Å². The molecule has 1 aliphatic rings. The number of hydrogen-bond donors (Lipinski definition) is 1. The lowest BCUT2D eigenvalue weighted by atomic mass is 10.2. The quantitative estimate of drug-likeness (QED) is 0.865. The molecule has 0 atom stereocenters. The van der Waals surface area contributed by atoms with Crippen LogP contribution in [-0.4, -0.2) is 11.5 Å². The van der Waals surface area contributed by atoms with E-state index in [1.165, 1.54) is 29.7 Å². The summed E-state index contributed by atoms with van der Waals surface area (Å²) in [4.78, 5) is 7.14. The predicted octanol–water partition coefficient (Wildman–Crippen LogP) is 3.18. The van der Waals surface area contributed by atoms with Gasteiger partial charge in [0, 0.05) is 24.5 Å². The minimum atomic E-state index is 0.820. The highest BCUT2D eigenvalue weighted by Gasteiger charge is 2.15. The van der Waals surface area contributed by atoms with E-state index in [0.29, 0.717) is 0 Å². The summed E-state index contributed by atoms with van der Waals surface area (Å²) in [5.41, 5.74) is 10.6. The molecule has 3 nitrogen and oxygen atoms in total. The number of benzene rings is 1. The van der Waals surface area contributed by atoms with E-state index in [9.17, 15) is 0 Å². The zero-order valence-corrected chi connectivity index (χ0v) is 12.0. The Balaban J connectivity index is 1.83. The van der Waals surface area contributed by atoms with Crippen LogP contribution in [0.4, 0.5) is 11.5 Å². The molecule has 20 heavy (non-hydrogen) atoms. The van der Waals surface area contributed by atoms with Crippen molar-refractivity contribution in [3.63, 3.8) is 0 Å². The van der Waals surface area contributed by atoms with E-state index in [1.54, 1.807) is 0 Å². The Bertz CT molecular complexity index is 607. The second-order valence-corrected chi connectivity index (χ2v) is 5.39. The number of nitrogen functional groups attached to an aromatic ring is 1. The molecule has 3 heteroatoms. The summed E-state index contributed by atoms with van der Waals surface area (Å²) in [6.07, 6.45) is 3.55. The van der Waals surface area contributed by atoms with Crippen LogP contribution in [0.1, 0.15) is 30.2 Å². The Morgan fingerprint density at radius 1 is 1.20 bits per heavy atom. The van der Waals surface area contributed by atoms with Gasteiger partial charge >= 0.3 is 0 Å². The molecule has 2 N–H and O–H groups in total. The fourth-order valence-electron chi connectivity index (χ4n) is 2.85. The third kappa shape index (κ3) is 2.62. The molecule has 0 radical (unpaired) electrons. The van der Waals surface area contributed by atoms with E-state index < -0.39 is 0 Å². The molecule has 0 amide bonds. The monoisotopic (exact) mass is 267 g/mol. The van der Waals surface area contributed by atoms with Gasteiger partial charge in [-0.1, -0.05) is 18.2 Å². The molecular weight excluding hydrogens is 246 g/mol. The van der Waals surface area contributed by atoms with Crippen LogP contribution >= 0.6 is 0 Å². The van der Waals surface area contributed by atoms with E-state index >= 15 is 0 Å². The van der Waals surface area contributed by atoms with Crippen molar-refractivity contribution in [2.75, 3.05) is 17.2 Å². The lowest BCUT2D eigenvalue weighted by Gasteiger charge is -2.23. The first-order valence-electron chi connectivity index (χ1n) is 7.34. The van der Waals surface area contributed by atoms with E-state index in [-0.39, 0.29) is 0 Å². The van der Waals surface area contributed by atoms with Gasteiger partial charge in [0.1, 0.15) is 5.82 Å². The van der Waals surface area contributed by atoms with Crippen LogP contribution in [0.25, 0.3) is 0 Å². The van der Waals surface area contributed by atoms with Gasteiger partial charge in [-0.3, -0.25) is 0 Å². The van der Waals surface area contributed by atoms with Crippen LogP contribution in [0.5, 0.6) is 0 Å². The molecule has 0 saturated heterocycles. The molecule has 0 bridgehead atoms. The molecule has 3 rings (SSSR count). The van der Waals surface area contributed by atoms with Gasteiger partial charge in [-0.25, -0.2) is 4.98 Å². The van der Waals surface area contributed by atoms with Crippen LogP contribution in [0, 0.1) is 0 Å². The SMILES string of the molecule is CCN(Cc1cccc(N)c1)c1ccc2c(n1)CCC2. The zero-order chi connectivity index (χ0) is 13.9. The molecule has 0 spiro atoms. The molecule has 104 valence electrons. The van der Waals surface area contributed by atoms with Gasteiger partial charge in [0.15, 0.2) is 0 Å². The summed E-state index contributed by atoms with van der Waals surface area (Å²) in [6, 6.07) is 12.5. The molecule has 1 aromatic heterocycles. The lowest BCUT2D eigenvalue weighted by molar-refractivity contribution is 0.807. The molecular formula is C17H21N3. The van der Waals surface area contributed by atoms with E-state index in [4.69, 9.17) is 10.7 Å². The Labute approximate surface area is 120 Å². The van der Waals surface area contributed by atoms with Crippen molar-refractivity contribution in [2.45, 2.75) is 32.7 Å². The highest BCUT2D eigenvalue weighted by Crippen LogP contribution is 2.24. The number of aromatic nitrogens is 1. The smallest absolute Gasteiger partial charge is 0.129 e. The fraction of sp³-hybridized carbons (Fsp3) is 0.353. The predicted molar refractivity (Wildman–Crippen MR) is 83.8 cm³/mol. The first kappa shape index (κ1) is 13.0. The number of fused-ring (bicyclic) bond motifs is 1. The largest absolute Gasteiger partial charge is 0.399 e. The number of anilines is 2. The molecule has 1 heterocycles. The van der Waals surface area contributed by atoms with Gasteiger partial charge in [0.25, 0.3) is 0 Å². The van der Waals surface area contributed by atoms with Crippen LogP contribution < -0.4 is 10.6 Å². The maximum atomic E-state index is 5.85. The average Bonchev–Trinajstić information content (AvgIpc) is 2.92. The van der Waals surface area contributed by atoms with E-state index in [1.807, 2.05) is 18.2 Å². The van der Waals surface area contributed by atoms with Crippen molar-refractivity contribution in [3.8, 4) is 0 Å². The third-order valence-corrected chi connectivity index (χ3v) is 3.94. The Morgan fingerprint density at radius 2 is 2.10 bits per heavy atom. The standard InChI is InChI=1S/C17H21N3/c1-2-20(12-13-5-3-7-15(18)11-13)17-10-9-14-6-4-8-16(14)19-17/h3,5,7,9-11H,2,4,6,8,12,18H2,1H3. The molecule has 2 aromatic rings. The minimum Gasteiger partial charge on any atom is -0.399 e. The van der Waals surface area contributed by atoms with Gasteiger partial charge < -0.3 is 10.6 Å². The summed E-state index contributed by atoms with van der Waals surface area (Å²) in [7, 11) is 0. The Hall–Kier alpha value is -2.03. The average molecular weight is 267 g/mol. The van der Waals surface area contributed by atoms with Crippen molar-refractivity contribution >= 4 is 11.5 Å². The minimum absolute atomic E-state index is 0.820. The molecule has 1 aliphatic carbocycles. The van der Waals surface area contributed by atoms with Crippen molar-refractivity contribution in [1.82, 2.24) is 4.98 Å². The first-order chi connectivity index (χ1) is 9.76. The van der Waals surface area contributed by atoms with Crippen LogP contribution in [0.2, 0.25) is 0 Å². The maximum absolute atomic E-state index is 5.85. The molecule has 0 aliphatic heterocycles. The summed E-state index contributed by atoms with van der Waals surface area (Å²) >= 11 is 0. The van der Waals surface area contributed by atoms with Gasteiger partial charge in [-0.05, 0) is 55.5 Å². The molecule has 0 fully saturated rings. The zero-order valence-electron chi connectivity index (χ0n) is 12.0. The summed E-state index contributed by atoms with van der Waals surface area (Å²) in [6.45, 7) is 3.97. The molecule has 0 unspecified atom stereocenters. The number of aryl methyl sites for hydroxylation is 2. The number of pyridine rings is 1. The second kappa shape index (κ2) is 5.53. The molecule has 1 aromatic carbocycles. The van der Waals surface area contributed by atoms with Crippen LogP contribution in [-0.2, 0) is 19.4 Å². The number of rotatable bonds is 4. The van der Waals surface area contributed by atoms with Crippen molar-refractivity contribution in [2.24, 2.45) is 0 Å². The van der Waals surface area contributed by atoms with Crippen LogP contribution in [0.3, 0.4) is 0 Å². The van der Waals surface area contributed by atoms with Crippen molar-refractivity contribution in [3.05, 3.63) is 53.2 Å². The summed E-state index contributed by atoms with van der Waals surface area (Å²) < 4.78 is 0. The molecule has 0 saturated carbocycles. The number of hydrogen-bond acceptors (Lipinski definition) is 3. The number of nitrogens with two attached hydrogens (primary N) is 1. The number of nitrogens with zero attached hydrogens (tertiary/aromatic N) is 2. The van der Waals surface area contributed by atoms with Gasteiger partial charge in [-0.15, -0.1) is 0 Å². The first-order valence-corrected chi connectivity index (χ1v) is 7.34. The van der Waals surface area contributed by atoms with Crippen molar-refractivity contribution < 1.29 is 0 Å².